The van der Waals surface area contributed by atoms with Crippen LogP contribution in [0.5, 0.6) is 0 Å². The van der Waals surface area contributed by atoms with Crippen LogP contribution in [0.2, 0.25) is 5.02 Å². The summed E-state index contributed by atoms with van der Waals surface area (Å²) in [5, 5.41) is 4.81. The Bertz CT molecular complexity index is 1420. The van der Waals surface area contributed by atoms with Crippen LogP contribution in [0.15, 0.2) is 65.5 Å². The van der Waals surface area contributed by atoms with Gasteiger partial charge < -0.3 is 10.6 Å². The minimum absolute atomic E-state index is 0.0161. The van der Waals surface area contributed by atoms with Crippen molar-refractivity contribution >= 4 is 23.0 Å². The summed E-state index contributed by atoms with van der Waals surface area (Å²) < 4.78 is 3.04. The van der Waals surface area contributed by atoms with E-state index in [4.69, 9.17) is 17.3 Å². The van der Waals surface area contributed by atoms with Crippen LogP contribution in [0, 0.1) is 19.8 Å². The average molecular weight is 506 g/mol. The zero-order chi connectivity index (χ0) is 26.0. The highest BCUT2D eigenvalue weighted by atomic mass is 35.5. The van der Waals surface area contributed by atoms with Crippen molar-refractivity contribution in [3.05, 3.63) is 104 Å². The van der Waals surface area contributed by atoms with Gasteiger partial charge in [0.25, 0.3) is 5.91 Å². The number of rotatable bonds is 8. The lowest BCUT2D eigenvalue weighted by molar-refractivity contribution is 0.0618. The highest BCUT2D eigenvalue weighted by molar-refractivity contribution is 6.34. The van der Waals surface area contributed by atoms with Gasteiger partial charge in [-0.2, -0.15) is 9.61 Å². The summed E-state index contributed by atoms with van der Waals surface area (Å²) in [6, 6.07) is 18.7. The maximum Gasteiger partial charge on any atom is 0.349 e. The third kappa shape index (κ3) is 4.94. The molecule has 0 saturated heterocycles. The highest BCUT2D eigenvalue weighted by Gasteiger charge is 2.32. The Morgan fingerprint density at radius 2 is 1.75 bits per heavy atom. The van der Waals surface area contributed by atoms with Gasteiger partial charge in [-0.15, -0.1) is 0 Å². The number of aryl methyl sites for hydroxylation is 2. The second kappa shape index (κ2) is 10.7. The molecular formula is C28H32ClN5O2. The lowest BCUT2D eigenvalue weighted by Crippen LogP contribution is -2.43. The molecule has 4 rings (SSSR count). The first kappa shape index (κ1) is 25.7. The van der Waals surface area contributed by atoms with Gasteiger partial charge in [-0.25, -0.2) is 4.79 Å². The zero-order valence-electron chi connectivity index (χ0n) is 21.1. The Hall–Kier alpha value is -3.42. The molecule has 0 fully saturated rings. The fraction of sp³-hybridized carbons (Fsp3) is 0.321. The SMILES string of the molecule is Cc1ccc(C(=O)N(CCN)[C@@H](c2cc3c(Cl)c(C)nn3c(=O)n2Cc2ccccc2)C(C)C)cc1. The maximum atomic E-state index is 13.8. The van der Waals surface area contributed by atoms with Crippen molar-refractivity contribution in [3.8, 4) is 0 Å². The predicted octanol–water partition coefficient (Wildman–Crippen LogP) is 4.61. The van der Waals surface area contributed by atoms with Crippen molar-refractivity contribution in [2.24, 2.45) is 11.7 Å². The molecule has 0 aliphatic heterocycles. The summed E-state index contributed by atoms with van der Waals surface area (Å²) in [6.07, 6.45) is 0. The van der Waals surface area contributed by atoms with E-state index >= 15 is 0 Å². The molecule has 0 saturated carbocycles. The molecule has 0 bridgehead atoms. The number of fused-ring (bicyclic) bond motifs is 1. The molecule has 0 aliphatic carbocycles. The molecule has 0 radical (unpaired) electrons. The van der Waals surface area contributed by atoms with E-state index in [0.29, 0.717) is 47.1 Å². The van der Waals surface area contributed by atoms with Gasteiger partial charge in [-0.05, 0) is 43.5 Å². The smallest absolute Gasteiger partial charge is 0.329 e. The minimum Gasteiger partial charge on any atom is -0.329 e. The number of nitrogens with zero attached hydrogens (tertiary/aromatic N) is 4. The maximum absolute atomic E-state index is 13.8. The monoisotopic (exact) mass is 505 g/mol. The Morgan fingerprint density at radius 3 is 2.36 bits per heavy atom. The van der Waals surface area contributed by atoms with E-state index in [1.807, 2.05) is 81.4 Å². The van der Waals surface area contributed by atoms with Gasteiger partial charge >= 0.3 is 5.69 Å². The van der Waals surface area contributed by atoms with E-state index in [2.05, 4.69) is 5.10 Å². The summed E-state index contributed by atoms with van der Waals surface area (Å²) in [4.78, 5) is 29.4. The molecule has 36 heavy (non-hydrogen) atoms. The van der Waals surface area contributed by atoms with Crippen molar-refractivity contribution in [2.75, 3.05) is 13.1 Å². The second-order valence-corrected chi connectivity index (χ2v) is 9.84. The van der Waals surface area contributed by atoms with Gasteiger partial charge in [-0.1, -0.05) is 73.5 Å². The minimum atomic E-state index is -0.421. The van der Waals surface area contributed by atoms with E-state index in [1.165, 1.54) is 4.52 Å². The molecule has 4 aromatic rings. The molecule has 2 aromatic carbocycles. The number of carbonyl (C=O) groups excluding carboxylic acids is 1. The lowest BCUT2D eigenvalue weighted by Gasteiger charge is -2.36. The van der Waals surface area contributed by atoms with Gasteiger partial charge in [-0.3, -0.25) is 9.36 Å². The number of nitrogens with two attached hydrogens (primary N) is 1. The fourth-order valence-corrected chi connectivity index (χ4v) is 4.81. The van der Waals surface area contributed by atoms with Gasteiger partial charge in [0.15, 0.2) is 0 Å². The lowest BCUT2D eigenvalue weighted by atomic mass is 9.96. The highest BCUT2D eigenvalue weighted by Crippen LogP contribution is 2.32. The summed E-state index contributed by atoms with van der Waals surface area (Å²) >= 11 is 6.56. The Labute approximate surface area is 216 Å². The molecule has 2 N–H and O–H groups in total. The van der Waals surface area contributed by atoms with Crippen molar-refractivity contribution in [3.63, 3.8) is 0 Å². The number of halogens is 1. The van der Waals surface area contributed by atoms with Crippen molar-refractivity contribution in [2.45, 2.75) is 40.3 Å². The van der Waals surface area contributed by atoms with Crippen molar-refractivity contribution < 1.29 is 4.79 Å². The van der Waals surface area contributed by atoms with Gasteiger partial charge in [0, 0.05) is 24.3 Å². The van der Waals surface area contributed by atoms with Crippen LogP contribution in [0.25, 0.3) is 5.52 Å². The zero-order valence-corrected chi connectivity index (χ0v) is 21.9. The molecule has 7 nitrogen and oxygen atoms in total. The first-order chi connectivity index (χ1) is 17.2. The molecule has 1 amide bonds. The molecule has 8 heteroatoms. The Balaban J connectivity index is 1.94. The number of hydrogen-bond donors (Lipinski definition) is 1. The van der Waals surface area contributed by atoms with E-state index in [0.717, 1.165) is 11.1 Å². The van der Waals surface area contributed by atoms with E-state index in [-0.39, 0.29) is 17.5 Å². The van der Waals surface area contributed by atoms with Crippen LogP contribution in [-0.2, 0) is 6.54 Å². The van der Waals surface area contributed by atoms with Crippen LogP contribution in [0.1, 0.15) is 52.8 Å². The fourth-order valence-electron chi connectivity index (χ4n) is 4.64. The summed E-state index contributed by atoms with van der Waals surface area (Å²) in [5.74, 6) is -0.147. The van der Waals surface area contributed by atoms with Crippen LogP contribution in [-0.4, -0.2) is 38.1 Å². The molecular weight excluding hydrogens is 474 g/mol. The Kier molecular flexibility index (Phi) is 7.62. The van der Waals surface area contributed by atoms with E-state index in [9.17, 15) is 9.59 Å². The summed E-state index contributed by atoms with van der Waals surface area (Å²) in [6.45, 7) is 8.81. The molecule has 0 unspecified atom stereocenters. The molecule has 1 atom stereocenters. The summed E-state index contributed by atoms with van der Waals surface area (Å²) in [5.41, 5.74) is 10.1. The second-order valence-electron chi connectivity index (χ2n) is 9.46. The normalized spacial score (nSPS) is 12.3. The molecule has 2 heterocycles. The number of carbonyl (C=O) groups is 1. The van der Waals surface area contributed by atoms with Crippen LogP contribution in [0.4, 0.5) is 0 Å². The summed E-state index contributed by atoms with van der Waals surface area (Å²) in [7, 11) is 0. The third-order valence-electron chi connectivity index (χ3n) is 6.41. The van der Waals surface area contributed by atoms with Crippen molar-refractivity contribution in [1.82, 2.24) is 19.1 Å². The number of hydrogen-bond acceptors (Lipinski definition) is 4. The number of amides is 1. The van der Waals surface area contributed by atoms with Crippen molar-refractivity contribution in [1.29, 1.82) is 0 Å². The number of benzene rings is 2. The number of aromatic nitrogens is 3. The van der Waals surface area contributed by atoms with Crippen LogP contribution < -0.4 is 11.4 Å². The quantitative estimate of drug-likeness (QED) is 0.379. The largest absolute Gasteiger partial charge is 0.349 e. The molecule has 2 aromatic heterocycles. The van der Waals surface area contributed by atoms with Gasteiger partial charge in [0.2, 0.25) is 0 Å². The van der Waals surface area contributed by atoms with Crippen LogP contribution in [0.3, 0.4) is 0 Å². The molecule has 0 spiro atoms. The first-order valence-electron chi connectivity index (χ1n) is 12.1. The van der Waals surface area contributed by atoms with Gasteiger partial charge in [0.1, 0.15) is 0 Å². The van der Waals surface area contributed by atoms with E-state index < -0.39 is 6.04 Å². The van der Waals surface area contributed by atoms with E-state index in [1.54, 1.807) is 16.4 Å². The predicted molar refractivity (Wildman–Crippen MR) is 144 cm³/mol. The average Bonchev–Trinajstić information content (AvgIpc) is 3.15. The van der Waals surface area contributed by atoms with Gasteiger partial charge in [0.05, 0.1) is 28.8 Å². The standard InChI is InChI=1S/C28H32ClN5O2/c1-18(2)26(32(15-14-30)27(35)22-12-10-19(3)11-13-22)24-16-23-25(29)20(4)31-34(23)28(36)33(24)17-21-8-6-5-7-9-21/h5-13,16,18,26H,14-15,17,30H2,1-4H3/t26-/m1/s1. The molecule has 0 aliphatic rings. The Morgan fingerprint density at radius 1 is 1.08 bits per heavy atom. The molecule has 188 valence electrons. The topological polar surface area (TPSA) is 85.6 Å². The third-order valence-corrected chi connectivity index (χ3v) is 6.88. The first-order valence-corrected chi connectivity index (χ1v) is 12.5. The van der Waals surface area contributed by atoms with Crippen LogP contribution >= 0.6 is 11.6 Å².